The summed E-state index contributed by atoms with van der Waals surface area (Å²) >= 11 is 1.28. The van der Waals surface area contributed by atoms with Crippen LogP contribution in [0.5, 0.6) is 5.75 Å². The van der Waals surface area contributed by atoms with Gasteiger partial charge in [0.1, 0.15) is 11.0 Å². The zero-order valence-corrected chi connectivity index (χ0v) is 17.2. The van der Waals surface area contributed by atoms with Crippen molar-refractivity contribution in [1.29, 1.82) is 0 Å². The minimum atomic E-state index is -0.507. The lowest BCUT2D eigenvalue weighted by molar-refractivity contribution is -0.121. The van der Waals surface area contributed by atoms with Crippen molar-refractivity contribution in [1.82, 2.24) is 0 Å². The molecule has 0 bridgehead atoms. The highest BCUT2D eigenvalue weighted by Gasteiger charge is 2.40. The first-order valence-corrected chi connectivity index (χ1v) is 9.79. The van der Waals surface area contributed by atoms with Gasteiger partial charge in [0, 0.05) is 19.2 Å². The summed E-state index contributed by atoms with van der Waals surface area (Å²) in [7, 11) is 3.24. The largest absolute Gasteiger partial charge is 0.497 e. The number of rotatable bonds is 4. The standard InChI is InChI=1S/C21H23N3O3S/c1-13-5-6-15(11-14(13)2)23-21(22-3)28-18-12-19(25)24(20(18)26)16-7-9-17(27-4)10-8-16/h5-11,18H,12H2,1-4H3,(H,22,23)/t18-/m1/s1. The summed E-state index contributed by atoms with van der Waals surface area (Å²) in [6.45, 7) is 4.10. The van der Waals surface area contributed by atoms with Gasteiger partial charge in [0.05, 0.1) is 12.8 Å². The first kappa shape index (κ1) is 19.9. The Kier molecular flexibility index (Phi) is 6.04. The number of hydrogen-bond acceptors (Lipinski definition) is 5. The lowest BCUT2D eigenvalue weighted by atomic mass is 10.1. The number of imide groups is 1. The molecule has 2 aromatic rings. The van der Waals surface area contributed by atoms with E-state index < -0.39 is 5.25 Å². The summed E-state index contributed by atoms with van der Waals surface area (Å²) in [6, 6.07) is 12.9. The van der Waals surface area contributed by atoms with E-state index in [1.54, 1.807) is 38.4 Å². The molecule has 2 aromatic carbocycles. The monoisotopic (exact) mass is 397 g/mol. The smallest absolute Gasteiger partial charge is 0.247 e. The molecule has 0 radical (unpaired) electrons. The molecule has 0 unspecified atom stereocenters. The number of anilines is 2. The van der Waals surface area contributed by atoms with Gasteiger partial charge in [-0.3, -0.25) is 14.6 Å². The number of hydrogen-bond donors (Lipinski definition) is 1. The molecule has 7 heteroatoms. The Labute approximate surface area is 169 Å². The molecule has 1 saturated heterocycles. The molecule has 1 aliphatic heterocycles. The first-order chi connectivity index (χ1) is 13.4. The van der Waals surface area contributed by atoms with E-state index in [1.807, 2.05) is 25.1 Å². The minimum Gasteiger partial charge on any atom is -0.497 e. The minimum absolute atomic E-state index is 0.142. The number of thioether (sulfide) groups is 1. The van der Waals surface area contributed by atoms with Gasteiger partial charge in [-0.15, -0.1) is 0 Å². The molecule has 0 aliphatic carbocycles. The van der Waals surface area contributed by atoms with E-state index in [0.717, 1.165) is 5.69 Å². The van der Waals surface area contributed by atoms with Crippen LogP contribution in [-0.4, -0.2) is 36.4 Å². The third-order valence-electron chi connectivity index (χ3n) is 4.65. The van der Waals surface area contributed by atoms with Crippen LogP contribution in [-0.2, 0) is 9.59 Å². The van der Waals surface area contributed by atoms with Crippen LogP contribution < -0.4 is 15.0 Å². The van der Waals surface area contributed by atoms with Crippen molar-refractivity contribution >= 4 is 40.1 Å². The molecule has 2 amide bonds. The third kappa shape index (κ3) is 4.20. The van der Waals surface area contributed by atoms with Gasteiger partial charge < -0.3 is 10.1 Å². The summed E-state index contributed by atoms with van der Waals surface area (Å²) in [4.78, 5) is 30.8. The molecule has 1 aliphatic rings. The van der Waals surface area contributed by atoms with Gasteiger partial charge >= 0.3 is 0 Å². The van der Waals surface area contributed by atoms with Gasteiger partial charge in [0.25, 0.3) is 0 Å². The third-order valence-corrected chi connectivity index (χ3v) is 5.81. The van der Waals surface area contributed by atoms with E-state index in [2.05, 4.69) is 17.2 Å². The Morgan fingerprint density at radius 2 is 1.86 bits per heavy atom. The van der Waals surface area contributed by atoms with Crippen LogP contribution in [0, 0.1) is 13.8 Å². The molecule has 3 rings (SSSR count). The van der Waals surface area contributed by atoms with Crippen LogP contribution in [0.1, 0.15) is 17.5 Å². The molecule has 1 heterocycles. The number of carbonyl (C=O) groups excluding carboxylic acids is 2. The number of nitrogens with zero attached hydrogens (tertiary/aromatic N) is 2. The predicted molar refractivity (Wildman–Crippen MR) is 114 cm³/mol. The molecule has 6 nitrogen and oxygen atoms in total. The van der Waals surface area contributed by atoms with Gasteiger partial charge in [-0.05, 0) is 61.4 Å². The van der Waals surface area contributed by atoms with Gasteiger partial charge in [0.15, 0.2) is 5.17 Å². The Morgan fingerprint density at radius 3 is 2.46 bits per heavy atom. The van der Waals surface area contributed by atoms with Gasteiger partial charge in [-0.2, -0.15) is 0 Å². The fraction of sp³-hybridized carbons (Fsp3) is 0.286. The molecular weight excluding hydrogens is 374 g/mol. The molecule has 1 fully saturated rings. The number of benzene rings is 2. The fourth-order valence-electron chi connectivity index (χ4n) is 2.91. The number of aliphatic imine (C=N–C) groups is 1. The molecule has 1 N–H and O–H groups in total. The summed E-state index contributed by atoms with van der Waals surface area (Å²) in [5, 5.41) is 3.34. The zero-order valence-electron chi connectivity index (χ0n) is 16.4. The van der Waals surface area contributed by atoms with E-state index in [9.17, 15) is 9.59 Å². The number of aryl methyl sites for hydroxylation is 2. The second kappa shape index (κ2) is 8.48. The maximum atomic E-state index is 12.8. The number of ether oxygens (including phenoxy) is 1. The second-order valence-electron chi connectivity index (χ2n) is 6.53. The van der Waals surface area contributed by atoms with Crippen molar-refractivity contribution in [2.75, 3.05) is 24.4 Å². The van der Waals surface area contributed by atoms with Crippen molar-refractivity contribution in [2.24, 2.45) is 4.99 Å². The molecule has 1 atom stereocenters. The van der Waals surface area contributed by atoms with Gasteiger partial charge in [-0.25, -0.2) is 4.90 Å². The van der Waals surface area contributed by atoms with E-state index in [-0.39, 0.29) is 18.2 Å². The predicted octanol–water partition coefficient (Wildman–Crippen LogP) is 3.78. The van der Waals surface area contributed by atoms with E-state index >= 15 is 0 Å². The zero-order chi connectivity index (χ0) is 20.3. The van der Waals surface area contributed by atoms with Gasteiger partial charge in [-0.1, -0.05) is 17.8 Å². The molecule has 28 heavy (non-hydrogen) atoms. The van der Waals surface area contributed by atoms with Crippen molar-refractivity contribution in [3.63, 3.8) is 0 Å². The topological polar surface area (TPSA) is 71.0 Å². The normalized spacial score (nSPS) is 17.2. The van der Waals surface area contributed by atoms with E-state index in [4.69, 9.17) is 4.74 Å². The molecule has 146 valence electrons. The average Bonchev–Trinajstić information content (AvgIpc) is 2.97. The summed E-state index contributed by atoms with van der Waals surface area (Å²) in [5.74, 6) is 0.226. The lowest BCUT2D eigenvalue weighted by Crippen LogP contribution is -2.31. The number of amides is 2. The molecule has 0 spiro atoms. The van der Waals surface area contributed by atoms with Crippen LogP contribution >= 0.6 is 11.8 Å². The Hall–Kier alpha value is -2.80. The maximum absolute atomic E-state index is 12.8. The maximum Gasteiger partial charge on any atom is 0.247 e. The van der Waals surface area contributed by atoms with Crippen molar-refractivity contribution in [2.45, 2.75) is 25.5 Å². The number of carbonyl (C=O) groups is 2. The number of nitrogens with one attached hydrogen (secondary N) is 1. The SMILES string of the molecule is CN=C(Nc1ccc(C)c(C)c1)S[C@@H]1CC(=O)N(c2ccc(OC)cc2)C1=O. The fourth-order valence-corrected chi connectivity index (χ4v) is 3.90. The number of amidine groups is 1. The molecule has 0 aromatic heterocycles. The van der Waals surface area contributed by atoms with E-state index in [0.29, 0.717) is 16.6 Å². The highest BCUT2D eigenvalue weighted by Crippen LogP contribution is 2.31. The van der Waals surface area contributed by atoms with Crippen LogP contribution in [0.3, 0.4) is 0 Å². The van der Waals surface area contributed by atoms with Crippen LogP contribution in [0.15, 0.2) is 47.5 Å². The average molecular weight is 398 g/mol. The van der Waals surface area contributed by atoms with Crippen molar-refractivity contribution in [3.8, 4) is 5.75 Å². The first-order valence-electron chi connectivity index (χ1n) is 8.91. The van der Waals surface area contributed by atoms with Gasteiger partial charge in [0.2, 0.25) is 11.8 Å². The molecular formula is C21H23N3O3S. The Bertz CT molecular complexity index is 925. The second-order valence-corrected chi connectivity index (χ2v) is 7.72. The Balaban J connectivity index is 1.71. The highest BCUT2D eigenvalue weighted by molar-refractivity contribution is 8.15. The summed E-state index contributed by atoms with van der Waals surface area (Å²) < 4.78 is 5.13. The summed E-state index contributed by atoms with van der Waals surface area (Å²) in [5.41, 5.74) is 3.83. The Morgan fingerprint density at radius 1 is 1.14 bits per heavy atom. The van der Waals surface area contributed by atoms with Crippen LogP contribution in [0.2, 0.25) is 0 Å². The quantitative estimate of drug-likeness (QED) is 0.483. The van der Waals surface area contributed by atoms with Crippen molar-refractivity contribution < 1.29 is 14.3 Å². The summed E-state index contributed by atoms with van der Waals surface area (Å²) in [6.07, 6.45) is 0.142. The lowest BCUT2D eigenvalue weighted by Gasteiger charge is -2.16. The molecule has 0 saturated carbocycles. The van der Waals surface area contributed by atoms with Crippen LogP contribution in [0.25, 0.3) is 0 Å². The van der Waals surface area contributed by atoms with Crippen LogP contribution in [0.4, 0.5) is 11.4 Å². The number of methoxy groups -OCH3 is 1. The highest BCUT2D eigenvalue weighted by atomic mass is 32.2. The van der Waals surface area contributed by atoms with E-state index in [1.165, 1.54) is 27.8 Å². The van der Waals surface area contributed by atoms with Crippen molar-refractivity contribution in [3.05, 3.63) is 53.6 Å².